The summed E-state index contributed by atoms with van der Waals surface area (Å²) in [5, 5.41) is 0. The number of benzene rings is 2. The van der Waals surface area contributed by atoms with Gasteiger partial charge in [0.2, 0.25) is 0 Å². The van der Waals surface area contributed by atoms with Crippen molar-refractivity contribution in [3.8, 4) is 22.6 Å². The van der Waals surface area contributed by atoms with Gasteiger partial charge in [-0.05, 0) is 36.8 Å². The Hall–Kier alpha value is -2.37. The summed E-state index contributed by atoms with van der Waals surface area (Å²) in [6.45, 7) is 7.42. The van der Waals surface area contributed by atoms with E-state index in [1.54, 1.807) is 0 Å². The number of carbonyl (C=O) groups is 1. The van der Waals surface area contributed by atoms with Crippen molar-refractivity contribution in [2.45, 2.75) is 6.92 Å². The minimum Gasteiger partial charge on any atom is -0.494 e. The second-order valence-corrected chi connectivity index (χ2v) is 6.45. The van der Waals surface area contributed by atoms with E-state index in [1.807, 2.05) is 43.3 Å². The Labute approximate surface area is 153 Å². The third-order valence-electron chi connectivity index (χ3n) is 4.86. The fourth-order valence-electron chi connectivity index (χ4n) is 3.56. The Morgan fingerprint density at radius 2 is 1.88 bits per heavy atom. The maximum Gasteiger partial charge on any atom is 0.194 e. The predicted molar refractivity (Wildman–Crippen MR) is 99.2 cm³/mol. The van der Waals surface area contributed by atoms with Crippen LogP contribution in [0.25, 0.3) is 11.1 Å². The van der Waals surface area contributed by atoms with E-state index >= 15 is 0 Å². The number of fused-ring (bicyclic) bond motifs is 3. The quantitative estimate of drug-likeness (QED) is 0.682. The molecule has 2 aliphatic rings. The van der Waals surface area contributed by atoms with Crippen molar-refractivity contribution in [1.29, 1.82) is 0 Å². The first-order valence-corrected chi connectivity index (χ1v) is 9.15. The molecule has 0 unspecified atom stereocenters. The van der Waals surface area contributed by atoms with Crippen molar-refractivity contribution in [3.63, 3.8) is 0 Å². The monoisotopic (exact) mass is 353 g/mol. The lowest BCUT2D eigenvalue weighted by Crippen LogP contribution is -2.38. The molecule has 2 aromatic rings. The number of nitrogens with zero attached hydrogens (tertiary/aromatic N) is 1. The minimum absolute atomic E-state index is 0.0372. The molecule has 1 saturated heterocycles. The van der Waals surface area contributed by atoms with Crippen LogP contribution in [0.5, 0.6) is 11.5 Å². The molecule has 1 aliphatic heterocycles. The summed E-state index contributed by atoms with van der Waals surface area (Å²) in [6, 6.07) is 11.4. The second kappa shape index (κ2) is 7.48. The molecule has 5 nitrogen and oxygen atoms in total. The van der Waals surface area contributed by atoms with Gasteiger partial charge in [0.15, 0.2) is 5.78 Å². The highest BCUT2D eigenvalue weighted by molar-refractivity contribution is 6.22. The van der Waals surface area contributed by atoms with Crippen LogP contribution in [0.3, 0.4) is 0 Å². The van der Waals surface area contributed by atoms with Crippen LogP contribution in [0.2, 0.25) is 0 Å². The van der Waals surface area contributed by atoms with Gasteiger partial charge in [-0.25, -0.2) is 0 Å². The van der Waals surface area contributed by atoms with E-state index in [1.165, 1.54) is 0 Å². The van der Waals surface area contributed by atoms with Gasteiger partial charge in [-0.15, -0.1) is 0 Å². The molecule has 0 radical (unpaired) electrons. The lowest BCUT2D eigenvalue weighted by atomic mass is 10.0. The van der Waals surface area contributed by atoms with Gasteiger partial charge in [-0.3, -0.25) is 9.69 Å². The maximum atomic E-state index is 12.8. The smallest absolute Gasteiger partial charge is 0.194 e. The van der Waals surface area contributed by atoms with E-state index in [9.17, 15) is 4.79 Å². The highest BCUT2D eigenvalue weighted by atomic mass is 16.5. The van der Waals surface area contributed by atoms with Crippen molar-refractivity contribution in [2.24, 2.45) is 0 Å². The molecule has 136 valence electrons. The summed E-state index contributed by atoms with van der Waals surface area (Å²) in [6.07, 6.45) is 0. The average molecular weight is 353 g/mol. The molecule has 0 bridgehead atoms. The number of carbonyl (C=O) groups excluding carboxylic acids is 1. The fourth-order valence-corrected chi connectivity index (χ4v) is 3.56. The first kappa shape index (κ1) is 17.1. The van der Waals surface area contributed by atoms with Gasteiger partial charge >= 0.3 is 0 Å². The molecular weight excluding hydrogens is 330 g/mol. The van der Waals surface area contributed by atoms with Crippen LogP contribution in [0.15, 0.2) is 36.4 Å². The number of hydrogen-bond acceptors (Lipinski definition) is 5. The van der Waals surface area contributed by atoms with Crippen LogP contribution in [0.1, 0.15) is 22.8 Å². The van der Waals surface area contributed by atoms with E-state index in [2.05, 4.69) is 4.90 Å². The summed E-state index contributed by atoms with van der Waals surface area (Å²) in [7, 11) is 0. The molecule has 26 heavy (non-hydrogen) atoms. The molecule has 1 aliphatic carbocycles. The Kier molecular flexibility index (Phi) is 4.91. The van der Waals surface area contributed by atoms with Gasteiger partial charge in [0, 0.05) is 36.3 Å². The van der Waals surface area contributed by atoms with Crippen LogP contribution in [-0.2, 0) is 4.74 Å². The highest BCUT2D eigenvalue weighted by Crippen LogP contribution is 2.43. The third kappa shape index (κ3) is 3.20. The highest BCUT2D eigenvalue weighted by Gasteiger charge is 2.30. The Balaban J connectivity index is 1.55. The van der Waals surface area contributed by atoms with Crippen molar-refractivity contribution >= 4 is 5.78 Å². The van der Waals surface area contributed by atoms with Crippen LogP contribution in [-0.4, -0.2) is 56.7 Å². The molecule has 0 atom stereocenters. The van der Waals surface area contributed by atoms with Crippen LogP contribution >= 0.6 is 0 Å². The van der Waals surface area contributed by atoms with Gasteiger partial charge in [0.25, 0.3) is 0 Å². The largest absolute Gasteiger partial charge is 0.494 e. The maximum absolute atomic E-state index is 12.8. The number of ketones is 1. The Bertz CT molecular complexity index is 812. The number of rotatable bonds is 6. The van der Waals surface area contributed by atoms with Crippen LogP contribution < -0.4 is 9.47 Å². The van der Waals surface area contributed by atoms with E-state index < -0.39 is 0 Å². The summed E-state index contributed by atoms with van der Waals surface area (Å²) in [4.78, 5) is 15.1. The summed E-state index contributed by atoms with van der Waals surface area (Å²) < 4.78 is 17.0. The SMILES string of the molecule is CCOc1ccc2c(c1)C(=O)c1cccc(OCCN3CCOCC3)c1-2. The normalized spacial score (nSPS) is 16.3. The average Bonchev–Trinajstić information content (AvgIpc) is 2.96. The van der Waals surface area contributed by atoms with E-state index in [-0.39, 0.29) is 5.78 Å². The zero-order valence-corrected chi connectivity index (χ0v) is 15.0. The molecule has 5 heteroatoms. The molecule has 0 N–H and O–H groups in total. The van der Waals surface area contributed by atoms with Crippen molar-refractivity contribution in [2.75, 3.05) is 46.1 Å². The number of morpholine rings is 1. The standard InChI is InChI=1S/C21H23NO4/c1-2-25-15-6-7-16-18(14-15)21(23)17-4-3-5-19(20(16)17)26-13-10-22-8-11-24-12-9-22/h3-7,14H,2,8-13H2,1H3. The molecule has 1 heterocycles. The molecule has 0 amide bonds. The Morgan fingerprint density at radius 1 is 1.04 bits per heavy atom. The van der Waals surface area contributed by atoms with Gasteiger partial charge in [0.1, 0.15) is 18.1 Å². The number of ether oxygens (including phenoxy) is 3. The lowest BCUT2D eigenvalue weighted by molar-refractivity contribution is 0.0323. The summed E-state index contributed by atoms with van der Waals surface area (Å²) in [5.41, 5.74) is 3.22. The molecule has 0 saturated carbocycles. The van der Waals surface area contributed by atoms with E-state index in [4.69, 9.17) is 14.2 Å². The second-order valence-electron chi connectivity index (χ2n) is 6.45. The first-order valence-electron chi connectivity index (χ1n) is 9.15. The van der Waals surface area contributed by atoms with Gasteiger partial charge in [-0.2, -0.15) is 0 Å². The molecule has 4 rings (SSSR count). The molecule has 1 fully saturated rings. The zero-order valence-electron chi connectivity index (χ0n) is 15.0. The minimum atomic E-state index is 0.0372. The van der Waals surface area contributed by atoms with E-state index in [0.717, 1.165) is 55.5 Å². The van der Waals surface area contributed by atoms with Gasteiger partial charge in [-0.1, -0.05) is 12.1 Å². The van der Waals surface area contributed by atoms with Gasteiger partial charge in [0.05, 0.1) is 19.8 Å². The lowest BCUT2D eigenvalue weighted by Gasteiger charge is -2.26. The van der Waals surface area contributed by atoms with Gasteiger partial charge < -0.3 is 14.2 Å². The zero-order chi connectivity index (χ0) is 17.9. The van der Waals surface area contributed by atoms with E-state index in [0.29, 0.717) is 24.3 Å². The molecule has 2 aromatic carbocycles. The van der Waals surface area contributed by atoms with Crippen LogP contribution in [0, 0.1) is 0 Å². The topological polar surface area (TPSA) is 48.0 Å². The molecule has 0 spiro atoms. The van der Waals surface area contributed by atoms with Crippen molar-refractivity contribution in [1.82, 2.24) is 4.90 Å². The molecule has 0 aromatic heterocycles. The number of hydrogen-bond donors (Lipinski definition) is 0. The summed E-state index contributed by atoms with van der Waals surface area (Å²) >= 11 is 0. The fraction of sp³-hybridized carbons (Fsp3) is 0.381. The Morgan fingerprint density at radius 3 is 2.69 bits per heavy atom. The molecular formula is C21H23NO4. The van der Waals surface area contributed by atoms with Crippen LogP contribution in [0.4, 0.5) is 0 Å². The van der Waals surface area contributed by atoms with Crippen molar-refractivity contribution < 1.29 is 19.0 Å². The van der Waals surface area contributed by atoms with Crippen molar-refractivity contribution in [3.05, 3.63) is 47.5 Å². The first-order chi connectivity index (χ1) is 12.8. The predicted octanol–water partition coefficient (Wildman–Crippen LogP) is 3.01. The third-order valence-corrected chi connectivity index (χ3v) is 4.86. The summed E-state index contributed by atoms with van der Waals surface area (Å²) in [5.74, 6) is 1.53.